The Bertz CT molecular complexity index is 181. The minimum absolute atomic E-state index is 0.106. The summed E-state index contributed by atoms with van der Waals surface area (Å²) in [5.41, 5.74) is 0. The Balaban J connectivity index is 3.81. The summed E-state index contributed by atoms with van der Waals surface area (Å²) in [6, 6.07) is 0. The fraction of sp³-hybridized carbons (Fsp3) is 0.667. The van der Waals surface area contributed by atoms with Gasteiger partial charge in [-0.25, -0.2) is 0 Å². The average molecular weight is 185 g/mol. The van der Waals surface area contributed by atoms with Crippen LogP contribution in [0.25, 0.3) is 0 Å². The van der Waals surface area contributed by atoms with Crippen molar-refractivity contribution in [1.82, 2.24) is 5.32 Å². The molecule has 0 aliphatic heterocycles. The van der Waals surface area contributed by atoms with E-state index in [1.54, 1.807) is 7.05 Å². The van der Waals surface area contributed by atoms with Gasteiger partial charge in [0, 0.05) is 13.5 Å². The molecule has 0 aliphatic rings. The van der Waals surface area contributed by atoms with Gasteiger partial charge in [-0.1, -0.05) is 24.8 Å². The largest absolute Gasteiger partial charge is 0.359 e. The van der Waals surface area contributed by atoms with Crippen molar-refractivity contribution in [3.05, 3.63) is 11.8 Å². The molecule has 3 heteroatoms. The quantitative estimate of drug-likeness (QED) is 0.666. The topological polar surface area (TPSA) is 29.1 Å². The highest BCUT2D eigenvalue weighted by atomic mass is 28.3. The van der Waals surface area contributed by atoms with E-state index >= 15 is 0 Å². The molecular weight excluding hydrogens is 166 g/mol. The second-order valence-electron chi connectivity index (χ2n) is 4.03. The molecule has 0 aromatic heterocycles. The number of hydrogen-bond donors (Lipinski definition) is 1. The van der Waals surface area contributed by atoms with E-state index in [4.69, 9.17) is 0 Å². The van der Waals surface area contributed by atoms with Gasteiger partial charge in [-0.2, -0.15) is 0 Å². The molecule has 0 rings (SSSR count). The predicted molar refractivity (Wildman–Crippen MR) is 55.8 cm³/mol. The standard InChI is InChI=1S/C9H19NOSi/c1-8(12(3,4)5)6-7-9(11)10-2/h1,6-7H2,2-5H3,(H,10,11). The maximum Gasteiger partial charge on any atom is 0.220 e. The lowest BCUT2D eigenvalue weighted by atomic mass is 10.3. The summed E-state index contributed by atoms with van der Waals surface area (Å²) in [4.78, 5) is 10.9. The first-order valence-electron chi connectivity index (χ1n) is 4.26. The summed E-state index contributed by atoms with van der Waals surface area (Å²) in [6.45, 7) is 10.8. The Kier molecular flexibility index (Phi) is 4.24. The molecule has 0 radical (unpaired) electrons. The first-order chi connectivity index (χ1) is 5.38. The average Bonchev–Trinajstić information content (AvgIpc) is 1.97. The third-order valence-corrected chi connectivity index (χ3v) is 4.36. The Morgan fingerprint density at radius 1 is 1.33 bits per heavy atom. The molecular formula is C9H19NOSi. The van der Waals surface area contributed by atoms with Gasteiger partial charge < -0.3 is 5.32 Å². The van der Waals surface area contributed by atoms with Crippen LogP contribution in [0.3, 0.4) is 0 Å². The van der Waals surface area contributed by atoms with Gasteiger partial charge in [0.2, 0.25) is 5.91 Å². The molecule has 0 aromatic carbocycles. The van der Waals surface area contributed by atoms with Crippen molar-refractivity contribution in [2.24, 2.45) is 0 Å². The maximum absolute atomic E-state index is 10.9. The van der Waals surface area contributed by atoms with Crippen LogP contribution in [-0.4, -0.2) is 21.0 Å². The van der Waals surface area contributed by atoms with Gasteiger partial charge in [0.05, 0.1) is 8.07 Å². The molecule has 12 heavy (non-hydrogen) atoms. The Morgan fingerprint density at radius 2 is 1.83 bits per heavy atom. The van der Waals surface area contributed by atoms with Crippen LogP contribution >= 0.6 is 0 Å². The fourth-order valence-electron chi connectivity index (χ4n) is 0.764. The molecule has 0 unspecified atom stereocenters. The van der Waals surface area contributed by atoms with Crippen molar-refractivity contribution < 1.29 is 4.79 Å². The molecule has 0 atom stereocenters. The molecule has 0 fully saturated rings. The van der Waals surface area contributed by atoms with Crippen molar-refractivity contribution in [1.29, 1.82) is 0 Å². The molecule has 0 bridgehead atoms. The summed E-state index contributed by atoms with van der Waals surface area (Å²) in [7, 11) is 0.452. The summed E-state index contributed by atoms with van der Waals surface area (Å²) in [5.74, 6) is 0.106. The van der Waals surface area contributed by atoms with Gasteiger partial charge in [-0.3, -0.25) is 4.79 Å². The maximum atomic E-state index is 10.9. The van der Waals surface area contributed by atoms with Crippen molar-refractivity contribution >= 4 is 14.0 Å². The minimum Gasteiger partial charge on any atom is -0.359 e. The third-order valence-electron chi connectivity index (χ3n) is 1.99. The minimum atomic E-state index is -1.21. The first kappa shape index (κ1) is 11.4. The zero-order chi connectivity index (χ0) is 9.78. The smallest absolute Gasteiger partial charge is 0.220 e. The van der Waals surface area contributed by atoms with E-state index in [1.807, 2.05) is 0 Å². The molecule has 0 heterocycles. The number of nitrogens with one attached hydrogen (secondary N) is 1. The molecule has 2 nitrogen and oxygen atoms in total. The van der Waals surface area contributed by atoms with E-state index in [0.29, 0.717) is 6.42 Å². The number of hydrogen-bond acceptors (Lipinski definition) is 1. The van der Waals surface area contributed by atoms with Crippen LogP contribution in [0.4, 0.5) is 0 Å². The highest BCUT2D eigenvalue weighted by Crippen LogP contribution is 2.16. The number of allylic oxidation sites excluding steroid dienone is 1. The highest BCUT2D eigenvalue weighted by Gasteiger charge is 2.17. The van der Waals surface area contributed by atoms with E-state index in [0.717, 1.165) is 6.42 Å². The molecule has 0 aromatic rings. The fourth-order valence-corrected chi connectivity index (χ4v) is 1.64. The van der Waals surface area contributed by atoms with Crippen LogP contribution < -0.4 is 5.32 Å². The Labute approximate surface area is 76.1 Å². The Morgan fingerprint density at radius 3 is 2.17 bits per heavy atom. The predicted octanol–water partition coefficient (Wildman–Crippen LogP) is 1.95. The van der Waals surface area contributed by atoms with Gasteiger partial charge >= 0.3 is 0 Å². The molecule has 0 saturated heterocycles. The number of amides is 1. The molecule has 70 valence electrons. The number of rotatable bonds is 4. The molecule has 1 amide bonds. The van der Waals surface area contributed by atoms with Crippen LogP contribution in [0.1, 0.15) is 12.8 Å². The second-order valence-corrected chi connectivity index (χ2v) is 9.23. The van der Waals surface area contributed by atoms with Gasteiger partial charge in [0.15, 0.2) is 0 Å². The molecule has 0 aliphatic carbocycles. The molecule has 0 saturated carbocycles. The zero-order valence-electron chi connectivity index (χ0n) is 8.53. The lowest BCUT2D eigenvalue weighted by molar-refractivity contribution is -0.120. The number of carbonyl (C=O) groups is 1. The van der Waals surface area contributed by atoms with Crippen molar-refractivity contribution in [3.8, 4) is 0 Å². The molecule has 0 spiro atoms. The van der Waals surface area contributed by atoms with Crippen LogP contribution in [0.5, 0.6) is 0 Å². The van der Waals surface area contributed by atoms with E-state index in [-0.39, 0.29) is 5.91 Å². The van der Waals surface area contributed by atoms with E-state index in [1.165, 1.54) is 5.20 Å². The van der Waals surface area contributed by atoms with Crippen LogP contribution in [-0.2, 0) is 4.79 Å². The van der Waals surface area contributed by atoms with E-state index < -0.39 is 8.07 Å². The van der Waals surface area contributed by atoms with Gasteiger partial charge in [0.1, 0.15) is 0 Å². The summed E-state index contributed by atoms with van der Waals surface area (Å²) in [5, 5.41) is 3.88. The molecule has 1 N–H and O–H groups in total. The normalized spacial score (nSPS) is 11.0. The van der Waals surface area contributed by atoms with Gasteiger partial charge in [-0.05, 0) is 6.42 Å². The van der Waals surface area contributed by atoms with E-state index in [9.17, 15) is 4.79 Å². The van der Waals surface area contributed by atoms with Crippen molar-refractivity contribution in [3.63, 3.8) is 0 Å². The monoisotopic (exact) mass is 185 g/mol. The van der Waals surface area contributed by atoms with Crippen molar-refractivity contribution in [2.75, 3.05) is 7.05 Å². The summed E-state index contributed by atoms with van der Waals surface area (Å²) in [6.07, 6.45) is 1.43. The zero-order valence-corrected chi connectivity index (χ0v) is 9.53. The Hall–Kier alpha value is -0.573. The lowest BCUT2D eigenvalue weighted by Crippen LogP contribution is -2.25. The van der Waals surface area contributed by atoms with Gasteiger partial charge in [0.25, 0.3) is 0 Å². The van der Waals surface area contributed by atoms with Crippen molar-refractivity contribution in [2.45, 2.75) is 32.5 Å². The van der Waals surface area contributed by atoms with E-state index in [2.05, 4.69) is 31.5 Å². The lowest BCUT2D eigenvalue weighted by Gasteiger charge is -2.18. The summed E-state index contributed by atoms with van der Waals surface area (Å²) < 4.78 is 0. The second kappa shape index (κ2) is 4.45. The SMILES string of the molecule is C=C(CCC(=O)NC)[Si](C)(C)C. The first-order valence-corrected chi connectivity index (χ1v) is 7.76. The van der Waals surface area contributed by atoms with Crippen LogP contribution in [0, 0.1) is 0 Å². The number of carbonyl (C=O) groups excluding carboxylic acids is 1. The van der Waals surface area contributed by atoms with Gasteiger partial charge in [-0.15, -0.1) is 6.58 Å². The van der Waals surface area contributed by atoms with Crippen LogP contribution in [0.15, 0.2) is 11.8 Å². The van der Waals surface area contributed by atoms with Crippen LogP contribution in [0.2, 0.25) is 19.6 Å². The third kappa shape index (κ3) is 4.33. The summed E-state index contributed by atoms with van der Waals surface area (Å²) >= 11 is 0. The highest BCUT2D eigenvalue weighted by molar-refractivity contribution is 6.82.